The number of ether oxygens (including phenoxy) is 3. The monoisotopic (exact) mass is 887 g/mol. The molecule has 0 aliphatic heterocycles. The van der Waals surface area contributed by atoms with Gasteiger partial charge < -0.3 is 24.3 Å². The number of esters is 1. The topological polar surface area (TPSA) is 108 Å². The molecule has 1 fully saturated rings. The summed E-state index contributed by atoms with van der Waals surface area (Å²) >= 11 is 19.3. The molecule has 1 saturated carbocycles. The van der Waals surface area contributed by atoms with Gasteiger partial charge in [-0.15, -0.1) is 11.8 Å². The fourth-order valence-corrected chi connectivity index (χ4v) is 9.33. The Morgan fingerprint density at radius 3 is 1.75 bits per heavy atom. The van der Waals surface area contributed by atoms with Gasteiger partial charge in [0.15, 0.2) is 0 Å². The first-order valence-electron chi connectivity index (χ1n) is 20.6. The van der Waals surface area contributed by atoms with E-state index in [0.717, 1.165) is 42.4 Å². The molecule has 12 heteroatoms. The Kier molecular flexibility index (Phi) is 18.5. The quantitative estimate of drug-likeness (QED) is 0.0679. The second-order valence-corrected chi connectivity index (χ2v) is 20.7. The second-order valence-electron chi connectivity index (χ2n) is 17.0. The summed E-state index contributed by atoms with van der Waals surface area (Å²) in [7, 11) is 0. The smallest absolute Gasteiger partial charge is 0.462 e. The van der Waals surface area contributed by atoms with Gasteiger partial charge in [-0.05, 0) is 67.1 Å². The molecule has 1 amide bonds. The summed E-state index contributed by atoms with van der Waals surface area (Å²) in [6, 6.07) is 30.4. The van der Waals surface area contributed by atoms with Gasteiger partial charge in [-0.2, -0.15) is 0 Å². The maximum atomic E-state index is 14.4. The maximum absolute atomic E-state index is 14.4. The van der Waals surface area contributed by atoms with Crippen molar-refractivity contribution in [3.05, 3.63) is 108 Å². The number of ketones is 1. The molecule has 8 nitrogen and oxygen atoms in total. The van der Waals surface area contributed by atoms with E-state index in [1.165, 1.54) is 0 Å². The van der Waals surface area contributed by atoms with Crippen LogP contribution in [0.5, 0.6) is 0 Å². The molecule has 1 aliphatic rings. The van der Waals surface area contributed by atoms with Crippen LogP contribution in [-0.4, -0.2) is 58.2 Å². The summed E-state index contributed by atoms with van der Waals surface area (Å²) < 4.78 is 14.6. The van der Waals surface area contributed by atoms with E-state index in [4.69, 9.17) is 49.0 Å². The SMILES string of the molecule is CC(=O)CC[C@@H](CSC(c1ccccc1)(c1ccccc1)c1ccccc1)NC(=O)[C@@H](C)[C@H](C[C@H](C)C[C@H](OC(=O)C1CCCC1)C(C)(C)C)OC(=O)OCC(Cl)(Cl)Cl. The van der Waals surface area contributed by atoms with Gasteiger partial charge in [-0.1, -0.05) is 173 Å². The van der Waals surface area contributed by atoms with E-state index in [0.29, 0.717) is 18.6 Å². The van der Waals surface area contributed by atoms with E-state index in [-0.39, 0.29) is 47.8 Å². The average molecular weight is 889 g/mol. The van der Waals surface area contributed by atoms with Gasteiger partial charge in [-0.25, -0.2) is 4.79 Å². The number of hydrogen-bond donors (Lipinski definition) is 1. The molecule has 0 unspecified atom stereocenters. The van der Waals surface area contributed by atoms with Crippen LogP contribution in [-0.2, 0) is 33.3 Å². The van der Waals surface area contributed by atoms with Gasteiger partial charge in [0.05, 0.1) is 16.6 Å². The Hall–Kier alpha value is -3.24. The fourth-order valence-electron chi connectivity index (χ4n) is 7.56. The van der Waals surface area contributed by atoms with Crippen molar-refractivity contribution < 1.29 is 33.4 Å². The third-order valence-corrected chi connectivity index (χ3v) is 13.0. The van der Waals surface area contributed by atoms with Crippen LogP contribution in [0.1, 0.15) is 110 Å². The highest BCUT2D eigenvalue weighted by Gasteiger charge is 2.39. The molecule has 322 valence electrons. The van der Waals surface area contributed by atoms with E-state index in [2.05, 4.69) is 41.7 Å². The molecule has 4 rings (SSSR count). The normalized spacial score (nSPS) is 16.3. The van der Waals surface area contributed by atoms with Crippen molar-refractivity contribution in [2.24, 2.45) is 23.2 Å². The zero-order valence-electron chi connectivity index (χ0n) is 35.1. The highest BCUT2D eigenvalue weighted by molar-refractivity contribution is 8.00. The summed E-state index contributed by atoms with van der Waals surface area (Å²) in [5, 5.41) is 3.23. The number of thioether (sulfide) groups is 1. The third kappa shape index (κ3) is 15.0. The van der Waals surface area contributed by atoms with Gasteiger partial charge in [0.1, 0.15) is 24.6 Å². The van der Waals surface area contributed by atoms with Gasteiger partial charge in [0, 0.05) is 18.2 Å². The zero-order chi connectivity index (χ0) is 43.2. The van der Waals surface area contributed by atoms with Crippen molar-refractivity contribution in [1.82, 2.24) is 5.32 Å². The van der Waals surface area contributed by atoms with Crippen LogP contribution < -0.4 is 5.32 Å². The van der Waals surface area contributed by atoms with Crippen LogP contribution in [0.4, 0.5) is 4.79 Å². The average Bonchev–Trinajstić information content (AvgIpc) is 3.75. The van der Waals surface area contributed by atoms with E-state index in [9.17, 15) is 19.2 Å². The molecule has 59 heavy (non-hydrogen) atoms. The van der Waals surface area contributed by atoms with Crippen molar-refractivity contribution in [2.45, 2.75) is 120 Å². The summed E-state index contributed by atoms with van der Waals surface area (Å²) in [5.74, 6) is -1.14. The van der Waals surface area contributed by atoms with Crippen LogP contribution in [0.2, 0.25) is 0 Å². The number of alkyl halides is 3. The predicted octanol–water partition coefficient (Wildman–Crippen LogP) is 11.7. The second kappa shape index (κ2) is 22.6. The largest absolute Gasteiger partial charge is 0.508 e. The summed E-state index contributed by atoms with van der Waals surface area (Å²) in [5.41, 5.74) is 2.86. The molecule has 0 spiro atoms. The standard InChI is InChI=1S/C47H60Cl3NO7S/c1-32(29-41(45(4,5)6)58-43(54)35-18-16-17-19-35)28-40(57-44(55)56-31-46(48,49)50)34(3)42(53)51-39(27-26-33(2)52)30-59-47(36-20-10-7-11-21-36,37-22-12-8-13-23-37)38-24-14-9-15-25-38/h7-15,20-25,32,34-35,39-41H,16-19,26-31H2,1-6H3,(H,51,53)/t32-,34-,39-,40-,41-/m0/s1. The Morgan fingerprint density at radius 1 is 0.780 bits per heavy atom. The Bertz CT molecular complexity index is 1680. The van der Waals surface area contributed by atoms with Crippen molar-refractivity contribution in [3.8, 4) is 0 Å². The minimum Gasteiger partial charge on any atom is -0.462 e. The number of nitrogens with one attached hydrogen (secondary N) is 1. The number of benzene rings is 3. The van der Waals surface area contributed by atoms with Gasteiger partial charge in [0.2, 0.25) is 9.70 Å². The van der Waals surface area contributed by atoms with E-state index < -0.39 is 45.5 Å². The lowest BCUT2D eigenvalue weighted by Crippen LogP contribution is -2.45. The summed E-state index contributed by atoms with van der Waals surface area (Å²) in [6.45, 7) is 10.8. The highest BCUT2D eigenvalue weighted by atomic mass is 35.6. The van der Waals surface area contributed by atoms with Crippen LogP contribution in [0.3, 0.4) is 0 Å². The first-order chi connectivity index (χ1) is 27.9. The molecular weight excluding hydrogens is 829 g/mol. The number of carbonyl (C=O) groups is 4. The number of hydrogen-bond acceptors (Lipinski definition) is 8. The first kappa shape index (κ1) is 48.4. The molecule has 3 aromatic carbocycles. The van der Waals surface area contributed by atoms with Crippen LogP contribution >= 0.6 is 46.6 Å². The predicted molar refractivity (Wildman–Crippen MR) is 239 cm³/mol. The summed E-state index contributed by atoms with van der Waals surface area (Å²) in [4.78, 5) is 52.9. The molecule has 3 aromatic rings. The molecule has 1 aliphatic carbocycles. The van der Waals surface area contributed by atoms with Gasteiger partial charge >= 0.3 is 12.1 Å². The van der Waals surface area contributed by atoms with Crippen molar-refractivity contribution in [2.75, 3.05) is 12.4 Å². The highest BCUT2D eigenvalue weighted by Crippen LogP contribution is 2.49. The van der Waals surface area contributed by atoms with E-state index in [1.54, 1.807) is 25.6 Å². The minimum atomic E-state index is -1.86. The lowest BCUT2D eigenvalue weighted by molar-refractivity contribution is -0.161. The molecule has 0 aromatic heterocycles. The van der Waals surface area contributed by atoms with Crippen molar-refractivity contribution in [3.63, 3.8) is 0 Å². The molecule has 5 atom stereocenters. The Morgan fingerprint density at radius 2 is 1.29 bits per heavy atom. The lowest BCUT2D eigenvalue weighted by Gasteiger charge is -2.37. The van der Waals surface area contributed by atoms with Gasteiger partial charge in [0.25, 0.3) is 0 Å². The molecule has 0 saturated heterocycles. The number of carbonyl (C=O) groups excluding carboxylic acids is 4. The van der Waals surface area contributed by atoms with Crippen LogP contribution in [0.25, 0.3) is 0 Å². The Labute approximate surface area is 370 Å². The van der Waals surface area contributed by atoms with E-state index >= 15 is 0 Å². The maximum Gasteiger partial charge on any atom is 0.508 e. The summed E-state index contributed by atoms with van der Waals surface area (Å²) in [6.07, 6.45) is 2.70. The number of halogens is 3. The van der Waals surface area contributed by atoms with E-state index in [1.807, 2.05) is 82.3 Å². The third-order valence-electron chi connectivity index (χ3n) is 11.0. The minimum absolute atomic E-state index is 0.0107. The molecule has 0 bridgehead atoms. The van der Waals surface area contributed by atoms with Crippen LogP contribution in [0.15, 0.2) is 91.0 Å². The van der Waals surface area contributed by atoms with Crippen LogP contribution in [0, 0.1) is 23.2 Å². The van der Waals surface area contributed by atoms with Crippen molar-refractivity contribution >= 4 is 70.4 Å². The molecule has 0 radical (unpaired) electrons. The molecule has 1 N–H and O–H groups in total. The number of amides is 1. The molecular formula is C47H60Cl3NO7S. The fraction of sp³-hybridized carbons (Fsp3) is 0.532. The molecule has 0 heterocycles. The number of Topliss-reactive ketones (excluding diaryl/α,β-unsaturated/α-hetero) is 1. The lowest BCUT2D eigenvalue weighted by atomic mass is 9.81. The first-order valence-corrected chi connectivity index (χ1v) is 22.7. The number of rotatable bonds is 20. The Balaban J connectivity index is 1.60. The van der Waals surface area contributed by atoms with Crippen molar-refractivity contribution in [1.29, 1.82) is 0 Å². The van der Waals surface area contributed by atoms with Gasteiger partial charge in [-0.3, -0.25) is 9.59 Å². The zero-order valence-corrected chi connectivity index (χ0v) is 38.2.